The van der Waals surface area contributed by atoms with Crippen molar-refractivity contribution >= 4 is 5.97 Å². The van der Waals surface area contributed by atoms with Gasteiger partial charge in [-0.3, -0.25) is 0 Å². The molecule has 0 radical (unpaired) electrons. The van der Waals surface area contributed by atoms with Crippen molar-refractivity contribution in [3.63, 3.8) is 0 Å². The smallest absolute Gasteiger partial charge is 0.335 e. The molecule has 0 aromatic heterocycles. The fraction of sp³-hybridized carbons (Fsp3) is 0.900. The van der Waals surface area contributed by atoms with Gasteiger partial charge in [-0.15, -0.1) is 0 Å². The molecule has 0 fully saturated rings. The van der Waals surface area contributed by atoms with Crippen molar-refractivity contribution in [1.29, 1.82) is 0 Å². The standard InChI is InChI=1S/C10H20O4/c1-4-6-9(10(11)13-5-2)14-8-7-12-3/h9H,4-8H2,1-3H3. The minimum Gasteiger partial charge on any atom is -0.464 e. The van der Waals surface area contributed by atoms with E-state index >= 15 is 0 Å². The quantitative estimate of drug-likeness (QED) is 0.442. The fourth-order valence-electron chi connectivity index (χ4n) is 1.04. The molecular weight excluding hydrogens is 184 g/mol. The van der Waals surface area contributed by atoms with Crippen molar-refractivity contribution in [2.45, 2.75) is 32.8 Å². The van der Waals surface area contributed by atoms with Gasteiger partial charge in [0, 0.05) is 7.11 Å². The summed E-state index contributed by atoms with van der Waals surface area (Å²) in [5.74, 6) is -0.273. The lowest BCUT2D eigenvalue weighted by atomic mass is 10.2. The molecule has 0 saturated carbocycles. The number of methoxy groups -OCH3 is 1. The molecule has 0 saturated heterocycles. The molecule has 0 heterocycles. The van der Waals surface area contributed by atoms with Crippen molar-refractivity contribution in [3.05, 3.63) is 0 Å². The highest BCUT2D eigenvalue weighted by molar-refractivity contribution is 5.74. The Bertz CT molecular complexity index is 147. The molecule has 14 heavy (non-hydrogen) atoms. The summed E-state index contributed by atoms with van der Waals surface area (Å²) in [6.45, 7) is 5.12. The number of carbonyl (C=O) groups is 1. The lowest BCUT2D eigenvalue weighted by Gasteiger charge is -2.15. The monoisotopic (exact) mass is 204 g/mol. The molecule has 0 aliphatic carbocycles. The van der Waals surface area contributed by atoms with Gasteiger partial charge in [0.2, 0.25) is 0 Å². The SMILES string of the molecule is CCCC(OCCOC)C(=O)OCC. The van der Waals surface area contributed by atoms with E-state index in [4.69, 9.17) is 14.2 Å². The average Bonchev–Trinajstić information content (AvgIpc) is 2.17. The molecule has 0 bridgehead atoms. The van der Waals surface area contributed by atoms with Crippen LogP contribution in [0.2, 0.25) is 0 Å². The topological polar surface area (TPSA) is 44.8 Å². The molecule has 1 atom stereocenters. The third-order valence-electron chi connectivity index (χ3n) is 1.71. The first-order chi connectivity index (χ1) is 6.76. The van der Waals surface area contributed by atoms with Gasteiger partial charge < -0.3 is 14.2 Å². The number of rotatable bonds is 8. The van der Waals surface area contributed by atoms with Gasteiger partial charge in [-0.2, -0.15) is 0 Å². The summed E-state index contributed by atoms with van der Waals surface area (Å²) in [6.07, 6.45) is 1.16. The largest absolute Gasteiger partial charge is 0.464 e. The maximum atomic E-state index is 11.3. The average molecular weight is 204 g/mol. The van der Waals surface area contributed by atoms with Gasteiger partial charge in [0.1, 0.15) is 0 Å². The molecule has 84 valence electrons. The third kappa shape index (κ3) is 5.94. The van der Waals surface area contributed by atoms with Crippen LogP contribution >= 0.6 is 0 Å². The minimum atomic E-state index is -0.435. The molecule has 4 nitrogen and oxygen atoms in total. The van der Waals surface area contributed by atoms with Crippen LogP contribution in [0, 0.1) is 0 Å². The third-order valence-corrected chi connectivity index (χ3v) is 1.71. The highest BCUT2D eigenvalue weighted by atomic mass is 16.6. The Kier molecular flexibility index (Phi) is 8.57. The van der Waals surface area contributed by atoms with Gasteiger partial charge in [-0.1, -0.05) is 13.3 Å². The Morgan fingerprint density at radius 1 is 1.29 bits per heavy atom. The second-order valence-corrected chi connectivity index (χ2v) is 2.89. The van der Waals surface area contributed by atoms with Gasteiger partial charge in [-0.05, 0) is 13.3 Å². The Hall–Kier alpha value is -0.610. The van der Waals surface area contributed by atoms with Gasteiger partial charge in [-0.25, -0.2) is 4.79 Å². The number of carbonyl (C=O) groups excluding carboxylic acids is 1. The Morgan fingerprint density at radius 2 is 2.00 bits per heavy atom. The molecular formula is C10H20O4. The summed E-state index contributed by atoms with van der Waals surface area (Å²) >= 11 is 0. The van der Waals surface area contributed by atoms with E-state index in [9.17, 15) is 4.79 Å². The van der Waals surface area contributed by atoms with E-state index in [-0.39, 0.29) is 5.97 Å². The van der Waals surface area contributed by atoms with Crippen LogP contribution in [0.4, 0.5) is 0 Å². The zero-order valence-corrected chi connectivity index (χ0v) is 9.25. The molecule has 0 N–H and O–H groups in total. The van der Waals surface area contributed by atoms with Crippen molar-refractivity contribution in [3.8, 4) is 0 Å². The van der Waals surface area contributed by atoms with Gasteiger partial charge in [0.05, 0.1) is 19.8 Å². The van der Waals surface area contributed by atoms with E-state index in [1.54, 1.807) is 14.0 Å². The maximum Gasteiger partial charge on any atom is 0.335 e. The van der Waals surface area contributed by atoms with Crippen LogP contribution in [-0.2, 0) is 19.0 Å². The summed E-state index contributed by atoms with van der Waals surface area (Å²) in [6, 6.07) is 0. The molecule has 0 aromatic rings. The van der Waals surface area contributed by atoms with Crippen LogP contribution in [0.5, 0.6) is 0 Å². The fourth-order valence-corrected chi connectivity index (χ4v) is 1.04. The Labute approximate surface area is 85.5 Å². The Balaban J connectivity index is 3.81. The van der Waals surface area contributed by atoms with Crippen LogP contribution < -0.4 is 0 Å². The molecule has 0 amide bonds. The van der Waals surface area contributed by atoms with Crippen molar-refractivity contribution in [1.82, 2.24) is 0 Å². The summed E-state index contributed by atoms with van der Waals surface area (Å²) in [5, 5.41) is 0. The number of hydrogen-bond donors (Lipinski definition) is 0. The lowest BCUT2D eigenvalue weighted by molar-refractivity contribution is -0.158. The highest BCUT2D eigenvalue weighted by Crippen LogP contribution is 2.04. The zero-order valence-electron chi connectivity index (χ0n) is 9.25. The summed E-state index contributed by atoms with van der Waals surface area (Å²) < 4.78 is 15.1. The maximum absolute atomic E-state index is 11.3. The van der Waals surface area contributed by atoms with E-state index in [1.807, 2.05) is 6.92 Å². The van der Waals surface area contributed by atoms with Crippen molar-refractivity contribution in [2.75, 3.05) is 26.9 Å². The molecule has 0 aliphatic heterocycles. The first kappa shape index (κ1) is 13.4. The van der Waals surface area contributed by atoms with E-state index in [2.05, 4.69) is 0 Å². The van der Waals surface area contributed by atoms with Gasteiger partial charge >= 0.3 is 5.97 Å². The van der Waals surface area contributed by atoms with Crippen LogP contribution in [0.1, 0.15) is 26.7 Å². The molecule has 0 spiro atoms. The Morgan fingerprint density at radius 3 is 2.50 bits per heavy atom. The van der Waals surface area contributed by atoms with E-state index in [0.29, 0.717) is 26.2 Å². The van der Waals surface area contributed by atoms with Crippen molar-refractivity contribution in [2.24, 2.45) is 0 Å². The second kappa shape index (κ2) is 8.97. The van der Waals surface area contributed by atoms with Crippen LogP contribution in [0.3, 0.4) is 0 Å². The first-order valence-corrected chi connectivity index (χ1v) is 5.03. The number of esters is 1. The predicted octanol–water partition coefficient (Wildman–Crippen LogP) is 1.38. The van der Waals surface area contributed by atoms with Crippen molar-refractivity contribution < 1.29 is 19.0 Å². The number of ether oxygens (including phenoxy) is 3. The van der Waals surface area contributed by atoms with Gasteiger partial charge in [0.25, 0.3) is 0 Å². The van der Waals surface area contributed by atoms with Gasteiger partial charge in [0.15, 0.2) is 6.10 Å². The summed E-state index contributed by atoms with van der Waals surface area (Å²) in [5.41, 5.74) is 0. The number of hydrogen-bond acceptors (Lipinski definition) is 4. The summed E-state index contributed by atoms with van der Waals surface area (Å²) in [7, 11) is 1.60. The molecule has 0 aliphatic rings. The predicted molar refractivity (Wildman–Crippen MR) is 53.2 cm³/mol. The van der Waals surface area contributed by atoms with E-state index < -0.39 is 6.10 Å². The highest BCUT2D eigenvalue weighted by Gasteiger charge is 2.18. The first-order valence-electron chi connectivity index (χ1n) is 5.03. The molecule has 0 rings (SSSR count). The van der Waals surface area contributed by atoms with E-state index in [0.717, 1.165) is 6.42 Å². The van der Waals surface area contributed by atoms with E-state index in [1.165, 1.54) is 0 Å². The van der Waals surface area contributed by atoms with Crippen LogP contribution in [-0.4, -0.2) is 39.0 Å². The lowest BCUT2D eigenvalue weighted by Crippen LogP contribution is -2.27. The van der Waals surface area contributed by atoms with Crippen LogP contribution in [0.15, 0.2) is 0 Å². The second-order valence-electron chi connectivity index (χ2n) is 2.89. The zero-order chi connectivity index (χ0) is 10.8. The summed E-state index contributed by atoms with van der Waals surface area (Å²) in [4.78, 5) is 11.3. The minimum absolute atomic E-state index is 0.273. The van der Waals surface area contributed by atoms with Crippen LogP contribution in [0.25, 0.3) is 0 Å². The molecule has 4 heteroatoms. The molecule has 0 aromatic carbocycles. The normalized spacial score (nSPS) is 12.5. The molecule has 1 unspecified atom stereocenters.